The molecule has 0 bridgehead atoms. The summed E-state index contributed by atoms with van der Waals surface area (Å²) in [7, 11) is 4.31. The van der Waals surface area contributed by atoms with Crippen molar-refractivity contribution in [1.29, 1.82) is 0 Å². The van der Waals surface area contributed by atoms with Gasteiger partial charge in [-0.05, 0) is 46.4 Å². The number of nitrogens with zero attached hydrogens (tertiary/aromatic N) is 3. The van der Waals surface area contributed by atoms with Crippen LogP contribution in [0.25, 0.3) is 0 Å². The molecular formula is C14H31N3. The molecule has 1 aliphatic rings. The lowest BCUT2D eigenvalue weighted by molar-refractivity contribution is 0.0740. The molecule has 17 heavy (non-hydrogen) atoms. The maximum Gasteiger partial charge on any atom is 0.0195 e. The maximum atomic E-state index is 2.65. The quantitative estimate of drug-likeness (QED) is 0.699. The third kappa shape index (κ3) is 5.84. The zero-order chi connectivity index (χ0) is 12.8. The highest BCUT2D eigenvalue weighted by Crippen LogP contribution is 2.11. The average Bonchev–Trinajstić information content (AvgIpc) is 2.20. The van der Waals surface area contributed by atoms with E-state index >= 15 is 0 Å². The molecule has 0 amide bonds. The standard InChI is InChI=1S/C14H31N3/c1-13(2)11-16-9-10-17(14(3)12-16)8-6-7-15(4)5/h13-14H,6-12H2,1-5H3. The molecule has 0 aliphatic carbocycles. The normalized spacial score (nSPS) is 23.8. The first-order valence-corrected chi connectivity index (χ1v) is 7.10. The highest BCUT2D eigenvalue weighted by atomic mass is 15.3. The van der Waals surface area contributed by atoms with E-state index in [0.29, 0.717) is 0 Å². The Labute approximate surface area is 108 Å². The first-order valence-electron chi connectivity index (χ1n) is 7.10. The molecule has 0 N–H and O–H groups in total. The van der Waals surface area contributed by atoms with Crippen molar-refractivity contribution in [2.75, 3.05) is 53.4 Å². The van der Waals surface area contributed by atoms with Gasteiger partial charge in [-0.1, -0.05) is 13.8 Å². The van der Waals surface area contributed by atoms with Gasteiger partial charge in [0.05, 0.1) is 0 Å². The van der Waals surface area contributed by atoms with Crippen molar-refractivity contribution < 1.29 is 0 Å². The van der Waals surface area contributed by atoms with E-state index < -0.39 is 0 Å². The predicted octanol–water partition coefficient (Wildman–Crippen LogP) is 1.60. The van der Waals surface area contributed by atoms with E-state index in [-0.39, 0.29) is 0 Å². The fraction of sp³-hybridized carbons (Fsp3) is 1.00. The van der Waals surface area contributed by atoms with Gasteiger partial charge in [-0.15, -0.1) is 0 Å². The topological polar surface area (TPSA) is 9.72 Å². The second-order valence-corrected chi connectivity index (χ2v) is 6.20. The number of rotatable bonds is 6. The van der Waals surface area contributed by atoms with Crippen molar-refractivity contribution in [3.05, 3.63) is 0 Å². The van der Waals surface area contributed by atoms with Crippen LogP contribution in [-0.2, 0) is 0 Å². The van der Waals surface area contributed by atoms with E-state index in [0.717, 1.165) is 12.0 Å². The largest absolute Gasteiger partial charge is 0.309 e. The monoisotopic (exact) mass is 241 g/mol. The van der Waals surface area contributed by atoms with Crippen LogP contribution in [0.3, 0.4) is 0 Å². The van der Waals surface area contributed by atoms with E-state index in [4.69, 9.17) is 0 Å². The molecule has 0 aromatic rings. The van der Waals surface area contributed by atoms with Crippen LogP contribution in [0.1, 0.15) is 27.2 Å². The number of piperazine rings is 1. The highest BCUT2D eigenvalue weighted by molar-refractivity contribution is 4.79. The summed E-state index contributed by atoms with van der Waals surface area (Å²) in [5, 5.41) is 0. The first-order chi connectivity index (χ1) is 7.99. The van der Waals surface area contributed by atoms with Gasteiger partial charge in [-0.3, -0.25) is 4.90 Å². The van der Waals surface area contributed by atoms with Crippen LogP contribution >= 0.6 is 0 Å². The van der Waals surface area contributed by atoms with Gasteiger partial charge in [0.25, 0.3) is 0 Å². The average molecular weight is 241 g/mol. The van der Waals surface area contributed by atoms with Crippen LogP contribution in [0.2, 0.25) is 0 Å². The fourth-order valence-electron chi connectivity index (χ4n) is 2.68. The van der Waals surface area contributed by atoms with E-state index in [9.17, 15) is 0 Å². The lowest BCUT2D eigenvalue weighted by atomic mass is 10.1. The Morgan fingerprint density at radius 3 is 2.47 bits per heavy atom. The van der Waals surface area contributed by atoms with Gasteiger partial charge in [0, 0.05) is 32.2 Å². The van der Waals surface area contributed by atoms with Gasteiger partial charge < -0.3 is 9.80 Å². The van der Waals surface area contributed by atoms with E-state index in [1.54, 1.807) is 0 Å². The molecule has 0 saturated carbocycles. The molecule has 0 aromatic heterocycles. The molecule has 3 nitrogen and oxygen atoms in total. The second-order valence-electron chi connectivity index (χ2n) is 6.20. The number of hydrogen-bond acceptors (Lipinski definition) is 3. The van der Waals surface area contributed by atoms with Crippen molar-refractivity contribution in [1.82, 2.24) is 14.7 Å². The summed E-state index contributed by atoms with van der Waals surface area (Å²) in [6.07, 6.45) is 1.29. The molecule has 1 saturated heterocycles. The third-order valence-corrected chi connectivity index (χ3v) is 3.52. The fourth-order valence-corrected chi connectivity index (χ4v) is 2.68. The summed E-state index contributed by atoms with van der Waals surface area (Å²) in [6.45, 7) is 14.5. The van der Waals surface area contributed by atoms with Crippen LogP contribution in [-0.4, -0.2) is 74.1 Å². The second kappa shape index (κ2) is 7.34. The van der Waals surface area contributed by atoms with Crippen LogP contribution in [0, 0.1) is 5.92 Å². The molecule has 1 heterocycles. The summed E-state index contributed by atoms with van der Waals surface area (Å²) < 4.78 is 0. The minimum absolute atomic E-state index is 0.727. The molecule has 1 unspecified atom stereocenters. The third-order valence-electron chi connectivity index (χ3n) is 3.52. The van der Waals surface area contributed by atoms with E-state index in [1.165, 1.54) is 45.7 Å². The minimum atomic E-state index is 0.727. The van der Waals surface area contributed by atoms with Gasteiger partial charge in [-0.25, -0.2) is 0 Å². The van der Waals surface area contributed by atoms with Crippen LogP contribution < -0.4 is 0 Å². The van der Waals surface area contributed by atoms with Crippen LogP contribution in [0.5, 0.6) is 0 Å². The first kappa shape index (κ1) is 14.9. The number of hydrogen-bond donors (Lipinski definition) is 0. The molecule has 1 fully saturated rings. The summed E-state index contributed by atoms with van der Waals surface area (Å²) >= 11 is 0. The van der Waals surface area contributed by atoms with Crippen molar-refractivity contribution in [2.45, 2.75) is 33.2 Å². The molecule has 1 aliphatic heterocycles. The molecular weight excluding hydrogens is 210 g/mol. The summed E-state index contributed by atoms with van der Waals surface area (Å²) in [4.78, 5) is 7.55. The smallest absolute Gasteiger partial charge is 0.0195 e. The molecule has 0 aromatic carbocycles. The summed E-state index contributed by atoms with van der Waals surface area (Å²) in [5.74, 6) is 0.794. The molecule has 1 rings (SSSR count). The summed E-state index contributed by atoms with van der Waals surface area (Å²) in [6, 6.07) is 0.727. The molecule has 0 radical (unpaired) electrons. The Morgan fingerprint density at radius 1 is 1.24 bits per heavy atom. The SMILES string of the molecule is CC(C)CN1CCN(CCCN(C)C)C(C)C1. The lowest BCUT2D eigenvalue weighted by Gasteiger charge is -2.40. The Bertz CT molecular complexity index is 204. The lowest BCUT2D eigenvalue weighted by Crippen LogP contribution is -2.52. The predicted molar refractivity (Wildman–Crippen MR) is 75.5 cm³/mol. The Kier molecular flexibility index (Phi) is 6.45. The molecule has 1 atom stereocenters. The van der Waals surface area contributed by atoms with Gasteiger partial charge in [0.15, 0.2) is 0 Å². The minimum Gasteiger partial charge on any atom is -0.309 e. The zero-order valence-corrected chi connectivity index (χ0v) is 12.4. The molecule has 3 heteroatoms. The van der Waals surface area contributed by atoms with Crippen LogP contribution in [0.4, 0.5) is 0 Å². The van der Waals surface area contributed by atoms with Crippen molar-refractivity contribution >= 4 is 0 Å². The van der Waals surface area contributed by atoms with Gasteiger partial charge >= 0.3 is 0 Å². The highest BCUT2D eigenvalue weighted by Gasteiger charge is 2.23. The summed E-state index contributed by atoms with van der Waals surface area (Å²) in [5.41, 5.74) is 0. The van der Waals surface area contributed by atoms with Gasteiger partial charge in [0.2, 0.25) is 0 Å². The Morgan fingerprint density at radius 2 is 1.94 bits per heavy atom. The van der Waals surface area contributed by atoms with Crippen molar-refractivity contribution in [3.63, 3.8) is 0 Å². The zero-order valence-electron chi connectivity index (χ0n) is 12.4. The molecule has 102 valence electrons. The van der Waals surface area contributed by atoms with E-state index in [2.05, 4.69) is 49.6 Å². The molecule has 0 spiro atoms. The van der Waals surface area contributed by atoms with Crippen molar-refractivity contribution in [3.8, 4) is 0 Å². The Hall–Kier alpha value is -0.120. The Balaban J connectivity index is 2.23. The van der Waals surface area contributed by atoms with Crippen molar-refractivity contribution in [2.24, 2.45) is 5.92 Å². The maximum absolute atomic E-state index is 2.65. The van der Waals surface area contributed by atoms with E-state index in [1.807, 2.05) is 0 Å². The van der Waals surface area contributed by atoms with Gasteiger partial charge in [-0.2, -0.15) is 0 Å². The van der Waals surface area contributed by atoms with Crippen LogP contribution in [0.15, 0.2) is 0 Å². The van der Waals surface area contributed by atoms with Gasteiger partial charge in [0.1, 0.15) is 0 Å².